The van der Waals surface area contributed by atoms with Crippen molar-refractivity contribution in [3.05, 3.63) is 50.5 Å². The Labute approximate surface area is 119 Å². The summed E-state index contributed by atoms with van der Waals surface area (Å²) in [6, 6.07) is 10.5. The van der Waals surface area contributed by atoms with E-state index in [2.05, 4.69) is 30.9 Å². The molecule has 1 aromatic carbocycles. The summed E-state index contributed by atoms with van der Waals surface area (Å²) in [5.74, 6) is 0. The molecule has 0 aliphatic carbocycles. The average Bonchev–Trinajstić information content (AvgIpc) is 2.68. The minimum absolute atomic E-state index is 0.0459. The van der Waals surface area contributed by atoms with Crippen LogP contribution in [0.2, 0.25) is 5.02 Å². The molecule has 0 N–H and O–H groups in total. The highest BCUT2D eigenvalue weighted by Crippen LogP contribution is 2.33. The topological polar surface area (TPSA) is 20.3 Å². The Morgan fingerprint density at radius 3 is 2.39 bits per heavy atom. The molecule has 0 unspecified atom stereocenters. The number of hydrogen-bond donors (Lipinski definition) is 0. The standard InChI is InChI=1S/C13H14ClNOS2/c1-9(2)15(8-10-6-4-3-5-7-10)12-11(14)13(16)18-17-12/h3-7,9H,8H2,1-2H3. The van der Waals surface area contributed by atoms with Gasteiger partial charge in [0.15, 0.2) is 0 Å². The SMILES string of the molecule is CC(C)N(Cc1ccccc1)c1ssc(=O)c1Cl. The lowest BCUT2D eigenvalue weighted by molar-refractivity contribution is 0.688. The lowest BCUT2D eigenvalue weighted by Crippen LogP contribution is -2.29. The molecule has 5 heteroatoms. The van der Waals surface area contributed by atoms with Crippen LogP contribution in [0.3, 0.4) is 0 Å². The molecule has 0 saturated carbocycles. The lowest BCUT2D eigenvalue weighted by Gasteiger charge is -2.27. The van der Waals surface area contributed by atoms with Gasteiger partial charge in [0, 0.05) is 12.6 Å². The third kappa shape index (κ3) is 2.94. The first kappa shape index (κ1) is 13.6. The van der Waals surface area contributed by atoms with Gasteiger partial charge in [-0.1, -0.05) is 52.3 Å². The van der Waals surface area contributed by atoms with Crippen molar-refractivity contribution in [2.24, 2.45) is 0 Å². The zero-order valence-electron chi connectivity index (χ0n) is 10.2. The molecule has 0 fully saturated rings. The number of rotatable bonds is 4. The molecule has 1 heterocycles. The first-order chi connectivity index (χ1) is 8.59. The van der Waals surface area contributed by atoms with E-state index in [1.165, 1.54) is 26.2 Å². The Morgan fingerprint density at radius 1 is 1.22 bits per heavy atom. The molecule has 0 atom stereocenters. The van der Waals surface area contributed by atoms with Crippen molar-refractivity contribution in [3.8, 4) is 0 Å². The van der Waals surface area contributed by atoms with E-state index in [9.17, 15) is 4.79 Å². The first-order valence-corrected chi connectivity index (χ1v) is 8.21. The van der Waals surface area contributed by atoms with E-state index >= 15 is 0 Å². The summed E-state index contributed by atoms with van der Waals surface area (Å²) >= 11 is 6.08. The van der Waals surface area contributed by atoms with E-state index in [0.717, 1.165) is 11.5 Å². The fourth-order valence-corrected chi connectivity index (χ4v) is 4.47. The summed E-state index contributed by atoms with van der Waals surface area (Å²) in [6.45, 7) is 4.98. The molecule has 96 valence electrons. The largest absolute Gasteiger partial charge is 0.355 e. The van der Waals surface area contributed by atoms with Crippen LogP contribution < -0.4 is 9.64 Å². The molecule has 0 bridgehead atoms. The molecular weight excluding hydrogens is 286 g/mol. The summed E-state index contributed by atoms with van der Waals surface area (Å²) < 4.78 is -0.0459. The Morgan fingerprint density at radius 2 is 1.89 bits per heavy atom. The highest BCUT2D eigenvalue weighted by molar-refractivity contribution is 7.70. The molecule has 2 nitrogen and oxygen atoms in total. The van der Waals surface area contributed by atoms with Crippen LogP contribution in [0.1, 0.15) is 19.4 Å². The van der Waals surface area contributed by atoms with E-state index < -0.39 is 0 Å². The number of benzene rings is 1. The number of anilines is 1. The van der Waals surface area contributed by atoms with Gasteiger partial charge in [-0.2, -0.15) is 0 Å². The van der Waals surface area contributed by atoms with Gasteiger partial charge >= 0.3 is 0 Å². The van der Waals surface area contributed by atoms with Crippen molar-refractivity contribution >= 4 is 37.3 Å². The Balaban J connectivity index is 2.30. The van der Waals surface area contributed by atoms with Gasteiger partial charge in [-0.25, -0.2) is 0 Å². The molecule has 0 radical (unpaired) electrons. The minimum Gasteiger partial charge on any atom is -0.355 e. The van der Waals surface area contributed by atoms with E-state index in [1.807, 2.05) is 18.2 Å². The average molecular weight is 300 g/mol. The Bertz CT molecular complexity index is 562. The van der Waals surface area contributed by atoms with Gasteiger partial charge in [0.2, 0.25) is 0 Å². The summed E-state index contributed by atoms with van der Waals surface area (Å²) in [6.07, 6.45) is 0. The second kappa shape index (κ2) is 5.87. The van der Waals surface area contributed by atoms with E-state index in [0.29, 0.717) is 11.1 Å². The molecule has 0 saturated heterocycles. The van der Waals surface area contributed by atoms with E-state index in [-0.39, 0.29) is 4.74 Å². The Hall–Kier alpha value is -0.840. The van der Waals surface area contributed by atoms with Crippen LogP contribution in [0.15, 0.2) is 35.1 Å². The normalized spacial score (nSPS) is 10.9. The van der Waals surface area contributed by atoms with Crippen LogP contribution in [0.4, 0.5) is 5.00 Å². The summed E-state index contributed by atoms with van der Waals surface area (Å²) in [7, 11) is 2.65. The van der Waals surface area contributed by atoms with Crippen molar-refractivity contribution < 1.29 is 0 Å². The van der Waals surface area contributed by atoms with Crippen LogP contribution in [-0.2, 0) is 6.54 Å². The van der Waals surface area contributed by atoms with Crippen molar-refractivity contribution in [2.75, 3.05) is 4.90 Å². The predicted molar refractivity (Wildman–Crippen MR) is 81.2 cm³/mol. The second-order valence-electron chi connectivity index (χ2n) is 4.28. The van der Waals surface area contributed by atoms with Crippen molar-refractivity contribution in [2.45, 2.75) is 26.4 Å². The molecular formula is C13H14ClNOS2. The smallest absolute Gasteiger partial charge is 0.263 e. The van der Waals surface area contributed by atoms with Gasteiger partial charge in [0.1, 0.15) is 10.0 Å². The van der Waals surface area contributed by atoms with E-state index in [4.69, 9.17) is 11.6 Å². The van der Waals surface area contributed by atoms with Gasteiger partial charge in [-0.15, -0.1) is 0 Å². The zero-order valence-corrected chi connectivity index (χ0v) is 12.6. The van der Waals surface area contributed by atoms with Crippen LogP contribution in [0.5, 0.6) is 0 Å². The molecule has 0 spiro atoms. The third-order valence-corrected chi connectivity index (χ3v) is 5.43. The molecule has 18 heavy (non-hydrogen) atoms. The summed E-state index contributed by atoms with van der Waals surface area (Å²) in [5.41, 5.74) is 1.22. The molecule has 0 amide bonds. The molecule has 0 aliphatic rings. The molecule has 2 rings (SSSR count). The third-order valence-electron chi connectivity index (χ3n) is 2.64. The van der Waals surface area contributed by atoms with Crippen molar-refractivity contribution in [3.63, 3.8) is 0 Å². The van der Waals surface area contributed by atoms with E-state index in [1.54, 1.807) is 0 Å². The van der Waals surface area contributed by atoms with Crippen LogP contribution in [-0.4, -0.2) is 6.04 Å². The molecule has 1 aromatic heterocycles. The fraction of sp³-hybridized carbons (Fsp3) is 0.308. The Kier molecular flexibility index (Phi) is 4.43. The summed E-state index contributed by atoms with van der Waals surface area (Å²) in [5, 5.41) is 1.24. The van der Waals surface area contributed by atoms with Crippen molar-refractivity contribution in [1.82, 2.24) is 0 Å². The quantitative estimate of drug-likeness (QED) is 0.787. The fourth-order valence-electron chi connectivity index (χ4n) is 1.68. The zero-order chi connectivity index (χ0) is 13.1. The highest BCUT2D eigenvalue weighted by atomic mass is 35.5. The van der Waals surface area contributed by atoms with Crippen LogP contribution in [0.25, 0.3) is 0 Å². The first-order valence-electron chi connectivity index (χ1n) is 5.68. The van der Waals surface area contributed by atoms with Crippen LogP contribution in [0, 0.1) is 0 Å². The van der Waals surface area contributed by atoms with Crippen molar-refractivity contribution in [1.29, 1.82) is 0 Å². The maximum absolute atomic E-state index is 11.5. The number of nitrogens with zero attached hydrogens (tertiary/aromatic N) is 1. The highest BCUT2D eigenvalue weighted by Gasteiger charge is 2.18. The van der Waals surface area contributed by atoms with Gasteiger partial charge in [-0.3, -0.25) is 4.79 Å². The molecule has 0 aliphatic heterocycles. The second-order valence-corrected chi connectivity index (χ2v) is 6.75. The summed E-state index contributed by atoms with van der Waals surface area (Å²) in [4.78, 5) is 13.7. The van der Waals surface area contributed by atoms with Gasteiger partial charge < -0.3 is 4.90 Å². The number of halogens is 1. The van der Waals surface area contributed by atoms with Gasteiger partial charge in [0.25, 0.3) is 4.74 Å². The predicted octanol–water partition coefficient (Wildman–Crippen LogP) is 4.24. The monoisotopic (exact) mass is 299 g/mol. The van der Waals surface area contributed by atoms with Gasteiger partial charge in [-0.05, 0) is 29.8 Å². The minimum atomic E-state index is -0.0459. The maximum Gasteiger partial charge on any atom is 0.263 e. The molecule has 2 aromatic rings. The van der Waals surface area contributed by atoms with Gasteiger partial charge in [0.05, 0.1) is 0 Å². The number of hydrogen-bond acceptors (Lipinski definition) is 4. The lowest BCUT2D eigenvalue weighted by atomic mass is 10.2. The van der Waals surface area contributed by atoms with Crippen LogP contribution >= 0.6 is 32.3 Å². The maximum atomic E-state index is 11.5.